The van der Waals surface area contributed by atoms with Crippen molar-refractivity contribution in [3.05, 3.63) is 40.1 Å². The van der Waals surface area contributed by atoms with Gasteiger partial charge in [-0.2, -0.15) is 0 Å². The molecule has 4 heteroatoms. The van der Waals surface area contributed by atoms with E-state index in [2.05, 4.69) is 39.3 Å². The highest BCUT2D eigenvalue weighted by Gasteiger charge is 2.09. The fourth-order valence-electron chi connectivity index (χ4n) is 2.29. The maximum absolute atomic E-state index is 11.7. The van der Waals surface area contributed by atoms with Crippen molar-refractivity contribution in [3.8, 4) is 0 Å². The van der Waals surface area contributed by atoms with Gasteiger partial charge in [0.15, 0.2) is 0 Å². The lowest BCUT2D eigenvalue weighted by Gasteiger charge is -2.17. The van der Waals surface area contributed by atoms with Crippen LogP contribution in [-0.2, 0) is 0 Å². The quantitative estimate of drug-likeness (QED) is 0.756. The van der Waals surface area contributed by atoms with Gasteiger partial charge in [-0.15, -0.1) is 0 Å². The average Bonchev–Trinajstić information content (AvgIpc) is 2.43. The van der Waals surface area contributed by atoms with Crippen molar-refractivity contribution in [1.29, 1.82) is 0 Å². The first-order valence-corrected chi connectivity index (χ1v) is 7.82. The SMILES string of the molecule is O=C(N/C=C/C1CCCCC1)Nc1ccc(I)cc1. The predicted octanol–water partition coefficient (Wildman–Crippen LogP) is 4.51. The summed E-state index contributed by atoms with van der Waals surface area (Å²) in [5, 5.41) is 5.56. The summed E-state index contributed by atoms with van der Waals surface area (Å²) < 4.78 is 1.15. The van der Waals surface area contributed by atoms with Crippen LogP contribution in [0.3, 0.4) is 0 Å². The number of benzene rings is 1. The van der Waals surface area contributed by atoms with Crippen LogP contribution in [0.1, 0.15) is 32.1 Å². The molecule has 0 heterocycles. The van der Waals surface area contributed by atoms with Crippen molar-refractivity contribution >= 4 is 34.3 Å². The summed E-state index contributed by atoms with van der Waals surface area (Å²) in [4.78, 5) is 11.7. The Morgan fingerprint density at radius 2 is 1.84 bits per heavy atom. The summed E-state index contributed by atoms with van der Waals surface area (Å²) >= 11 is 2.24. The summed E-state index contributed by atoms with van der Waals surface area (Å²) in [6.07, 6.45) is 10.4. The van der Waals surface area contributed by atoms with E-state index in [1.807, 2.05) is 24.3 Å². The zero-order valence-electron chi connectivity index (χ0n) is 10.9. The molecule has 19 heavy (non-hydrogen) atoms. The molecular formula is C15H19IN2O. The Balaban J connectivity index is 1.74. The van der Waals surface area contributed by atoms with Crippen molar-refractivity contribution in [2.45, 2.75) is 32.1 Å². The first-order valence-electron chi connectivity index (χ1n) is 6.74. The van der Waals surface area contributed by atoms with Gasteiger partial charge in [0.05, 0.1) is 0 Å². The number of nitrogens with one attached hydrogen (secondary N) is 2. The van der Waals surface area contributed by atoms with Crippen LogP contribution in [0.2, 0.25) is 0 Å². The highest BCUT2D eigenvalue weighted by atomic mass is 127. The molecule has 0 spiro atoms. The number of hydrogen-bond acceptors (Lipinski definition) is 1. The van der Waals surface area contributed by atoms with Crippen LogP contribution < -0.4 is 10.6 Å². The molecule has 1 aromatic rings. The van der Waals surface area contributed by atoms with Crippen LogP contribution in [0.5, 0.6) is 0 Å². The van der Waals surface area contributed by atoms with Gasteiger partial charge in [-0.25, -0.2) is 4.79 Å². The number of allylic oxidation sites excluding steroid dienone is 1. The van der Waals surface area contributed by atoms with Crippen LogP contribution in [0, 0.1) is 9.49 Å². The molecule has 1 aliphatic rings. The lowest BCUT2D eigenvalue weighted by Crippen LogP contribution is -2.24. The topological polar surface area (TPSA) is 41.1 Å². The molecule has 0 radical (unpaired) electrons. The van der Waals surface area contributed by atoms with Crippen molar-refractivity contribution in [2.24, 2.45) is 5.92 Å². The number of anilines is 1. The van der Waals surface area contributed by atoms with E-state index in [1.54, 1.807) is 6.20 Å². The minimum atomic E-state index is -0.187. The Morgan fingerprint density at radius 3 is 2.53 bits per heavy atom. The van der Waals surface area contributed by atoms with E-state index in [0.29, 0.717) is 5.92 Å². The van der Waals surface area contributed by atoms with Gasteiger partial charge >= 0.3 is 6.03 Å². The van der Waals surface area contributed by atoms with Gasteiger partial charge in [0.25, 0.3) is 0 Å². The van der Waals surface area contributed by atoms with Crippen LogP contribution in [0.25, 0.3) is 0 Å². The number of halogens is 1. The first kappa shape index (κ1) is 14.4. The molecule has 2 amide bonds. The van der Waals surface area contributed by atoms with E-state index in [4.69, 9.17) is 0 Å². The molecule has 2 N–H and O–H groups in total. The molecule has 1 aliphatic carbocycles. The Labute approximate surface area is 128 Å². The van der Waals surface area contributed by atoms with Crippen LogP contribution in [0.15, 0.2) is 36.5 Å². The summed E-state index contributed by atoms with van der Waals surface area (Å²) in [5.41, 5.74) is 0.809. The monoisotopic (exact) mass is 370 g/mol. The van der Waals surface area contributed by atoms with Crippen molar-refractivity contribution in [3.63, 3.8) is 0 Å². The van der Waals surface area contributed by atoms with Gasteiger partial charge < -0.3 is 10.6 Å². The molecule has 3 nitrogen and oxygen atoms in total. The maximum atomic E-state index is 11.7. The van der Waals surface area contributed by atoms with E-state index in [0.717, 1.165) is 9.26 Å². The van der Waals surface area contributed by atoms with Gasteiger partial charge in [-0.1, -0.05) is 25.3 Å². The van der Waals surface area contributed by atoms with Crippen molar-refractivity contribution < 1.29 is 4.79 Å². The van der Waals surface area contributed by atoms with Crippen LogP contribution >= 0.6 is 22.6 Å². The molecule has 0 unspecified atom stereocenters. The van der Waals surface area contributed by atoms with E-state index < -0.39 is 0 Å². The second-order valence-corrected chi connectivity index (χ2v) is 6.11. The first-order chi connectivity index (χ1) is 9.24. The van der Waals surface area contributed by atoms with E-state index in [-0.39, 0.29) is 6.03 Å². The normalized spacial score (nSPS) is 16.5. The van der Waals surface area contributed by atoms with Crippen LogP contribution in [-0.4, -0.2) is 6.03 Å². The summed E-state index contributed by atoms with van der Waals surface area (Å²) in [6.45, 7) is 0. The Kier molecular flexibility index (Phi) is 5.69. The van der Waals surface area contributed by atoms with Crippen molar-refractivity contribution in [1.82, 2.24) is 5.32 Å². The molecule has 0 aromatic heterocycles. The molecule has 0 atom stereocenters. The van der Waals surface area contributed by atoms with Gasteiger partial charge in [-0.05, 0) is 65.6 Å². The molecule has 0 saturated heterocycles. The third-order valence-corrected chi connectivity index (χ3v) is 4.05. The highest BCUT2D eigenvalue weighted by Crippen LogP contribution is 2.24. The van der Waals surface area contributed by atoms with Gasteiger partial charge in [0.2, 0.25) is 0 Å². The minimum absolute atomic E-state index is 0.187. The molecule has 2 rings (SSSR count). The third kappa shape index (κ3) is 5.22. The van der Waals surface area contributed by atoms with Gasteiger partial charge in [-0.3, -0.25) is 0 Å². The smallest absolute Gasteiger partial charge is 0.315 e. The minimum Gasteiger partial charge on any atom is -0.315 e. The standard InChI is InChI=1S/C15H19IN2O/c16-13-6-8-14(9-7-13)18-15(19)17-11-10-12-4-2-1-3-5-12/h6-12H,1-5H2,(H2,17,18,19)/b11-10+. The fourth-order valence-corrected chi connectivity index (χ4v) is 2.65. The lowest BCUT2D eigenvalue weighted by molar-refractivity contribution is 0.255. The summed E-state index contributed by atoms with van der Waals surface area (Å²) in [5.74, 6) is 0.632. The Hall–Kier alpha value is -1.04. The summed E-state index contributed by atoms with van der Waals surface area (Å²) in [6, 6.07) is 7.54. The summed E-state index contributed by atoms with van der Waals surface area (Å²) in [7, 11) is 0. The zero-order valence-corrected chi connectivity index (χ0v) is 13.0. The number of carbonyl (C=O) groups is 1. The Bertz CT molecular complexity index is 436. The second kappa shape index (κ2) is 7.53. The zero-order chi connectivity index (χ0) is 13.5. The number of urea groups is 1. The predicted molar refractivity (Wildman–Crippen MR) is 87.0 cm³/mol. The molecule has 0 bridgehead atoms. The molecule has 0 aliphatic heterocycles. The largest absolute Gasteiger partial charge is 0.323 e. The Morgan fingerprint density at radius 1 is 1.16 bits per heavy atom. The lowest BCUT2D eigenvalue weighted by atomic mass is 9.89. The third-order valence-electron chi connectivity index (χ3n) is 3.33. The van der Waals surface area contributed by atoms with Crippen LogP contribution in [0.4, 0.5) is 10.5 Å². The number of rotatable bonds is 3. The second-order valence-electron chi connectivity index (χ2n) is 4.86. The van der Waals surface area contributed by atoms with E-state index >= 15 is 0 Å². The highest BCUT2D eigenvalue weighted by molar-refractivity contribution is 14.1. The number of hydrogen-bond donors (Lipinski definition) is 2. The molecule has 102 valence electrons. The molecular weight excluding hydrogens is 351 g/mol. The van der Waals surface area contributed by atoms with E-state index in [9.17, 15) is 4.79 Å². The van der Waals surface area contributed by atoms with Gasteiger partial charge in [0.1, 0.15) is 0 Å². The molecule has 1 aromatic carbocycles. The molecule has 1 fully saturated rings. The van der Waals surface area contributed by atoms with E-state index in [1.165, 1.54) is 32.1 Å². The van der Waals surface area contributed by atoms with Gasteiger partial charge in [0, 0.05) is 15.5 Å². The fraction of sp³-hybridized carbons (Fsp3) is 0.400. The molecule has 1 saturated carbocycles. The van der Waals surface area contributed by atoms with Crippen molar-refractivity contribution in [2.75, 3.05) is 5.32 Å². The average molecular weight is 370 g/mol. The number of amides is 2. The number of carbonyl (C=O) groups excluding carboxylic acids is 1. The maximum Gasteiger partial charge on any atom is 0.323 e.